The molecule has 0 saturated carbocycles. The van der Waals surface area contributed by atoms with Gasteiger partial charge in [0.2, 0.25) is 0 Å². The number of hydrogen-bond donors (Lipinski definition) is 2. The number of hydrogen-bond acceptors (Lipinski definition) is 2. The molecule has 0 radical (unpaired) electrons. The maximum absolute atomic E-state index is 12.6. The van der Waals surface area contributed by atoms with E-state index in [1.54, 1.807) is 0 Å². The number of aliphatic hydroxyl groups excluding tert-OH is 1. The Morgan fingerprint density at radius 1 is 1.21 bits per heavy atom. The van der Waals surface area contributed by atoms with E-state index in [-0.39, 0.29) is 0 Å². The van der Waals surface area contributed by atoms with Gasteiger partial charge in [0, 0.05) is 0 Å². The third-order valence-corrected chi connectivity index (χ3v) is 1.60. The SMILES string of the molecule is Oc1ccc(C(O)C(F)(F)F)cc1F. The second-order valence-corrected chi connectivity index (χ2v) is 2.65. The van der Waals surface area contributed by atoms with Crippen LogP contribution < -0.4 is 0 Å². The molecule has 2 N–H and O–H groups in total. The molecule has 0 saturated heterocycles. The Labute approximate surface area is 76.4 Å². The van der Waals surface area contributed by atoms with Crippen molar-refractivity contribution in [3.8, 4) is 5.75 Å². The molecule has 6 heteroatoms. The fraction of sp³-hybridized carbons (Fsp3) is 0.250. The lowest BCUT2D eigenvalue weighted by molar-refractivity contribution is -0.206. The number of alkyl halides is 3. The van der Waals surface area contributed by atoms with Crippen molar-refractivity contribution < 1.29 is 27.8 Å². The monoisotopic (exact) mass is 210 g/mol. The highest BCUT2D eigenvalue weighted by atomic mass is 19.4. The molecular weight excluding hydrogens is 204 g/mol. The molecular formula is C8H6F4O2. The Morgan fingerprint density at radius 3 is 2.21 bits per heavy atom. The largest absolute Gasteiger partial charge is 0.505 e. The maximum atomic E-state index is 12.6. The summed E-state index contributed by atoms with van der Waals surface area (Å²) >= 11 is 0. The Kier molecular flexibility index (Phi) is 2.66. The minimum atomic E-state index is -4.84. The Bertz CT molecular complexity index is 335. The summed E-state index contributed by atoms with van der Waals surface area (Å²) < 4.78 is 48.4. The first kappa shape index (κ1) is 10.8. The van der Waals surface area contributed by atoms with E-state index in [0.29, 0.717) is 6.07 Å². The van der Waals surface area contributed by atoms with Crippen molar-refractivity contribution in [2.75, 3.05) is 0 Å². The van der Waals surface area contributed by atoms with Crippen molar-refractivity contribution in [1.82, 2.24) is 0 Å². The van der Waals surface area contributed by atoms with Crippen LogP contribution in [0.5, 0.6) is 5.75 Å². The third-order valence-electron chi connectivity index (χ3n) is 1.60. The van der Waals surface area contributed by atoms with Crippen molar-refractivity contribution in [2.45, 2.75) is 12.3 Å². The molecule has 0 aromatic heterocycles. The van der Waals surface area contributed by atoms with Crippen molar-refractivity contribution in [3.63, 3.8) is 0 Å². The van der Waals surface area contributed by atoms with E-state index < -0.39 is 29.4 Å². The minimum Gasteiger partial charge on any atom is -0.505 e. The number of phenolic OH excluding ortho intramolecular Hbond substituents is 1. The van der Waals surface area contributed by atoms with Gasteiger partial charge in [0.15, 0.2) is 17.7 Å². The van der Waals surface area contributed by atoms with Crippen LogP contribution >= 0.6 is 0 Å². The lowest BCUT2D eigenvalue weighted by Gasteiger charge is -2.14. The normalized spacial score (nSPS) is 14.1. The molecule has 0 fully saturated rings. The number of aromatic hydroxyl groups is 1. The Hall–Kier alpha value is -1.30. The molecule has 0 spiro atoms. The van der Waals surface area contributed by atoms with Crippen molar-refractivity contribution in [3.05, 3.63) is 29.6 Å². The summed E-state index contributed by atoms with van der Waals surface area (Å²) in [5, 5.41) is 17.4. The summed E-state index contributed by atoms with van der Waals surface area (Å²) in [7, 11) is 0. The lowest BCUT2D eigenvalue weighted by atomic mass is 10.1. The van der Waals surface area contributed by atoms with Crippen LogP contribution in [0.4, 0.5) is 17.6 Å². The molecule has 78 valence electrons. The molecule has 0 aliphatic heterocycles. The number of phenols is 1. The predicted molar refractivity (Wildman–Crippen MR) is 39.1 cm³/mol. The summed E-state index contributed by atoms with van der Waals surface area (Å²) in [5.74, 6) is -1.96. The number of halogens is 4. The second-order valence-electron chi connectivity index (χ2n) is 2.65. The first-order chi connectivity index (χ1) is 6.32. The number of aliphatic hydroxyl groups is 1. The third kappa shape index (κ3) is 2.14. The molecule has 0 aliphatic rings. The van der Waals surface area contributed by atoms with Gasteiger partial charge in [0.1, 0.15) is 0 Å². The van der Waals surface area contributed by atoms with E-state index in [2.05, 4.69) is 0 Å². The molecule has 14 heavy (non-hydrogen) atoms. The van der Waals surface area contributed by atoms with Gasteiger partial charge in [-0.2, -0.15) is 13.2 Å². The van der Waals surface area contributed by atoms with Crippen molar-refractivity contribution >= 4 is 0 Å². The zero-order valence-corrected chi connectivity index (χ0v) is 6.72. The molecule has 0 aliphatic carbocycles. The molecule has 0 amide bonds. The van der Waals surface area contributed by atoms with Gasteiger partial charge in [-0.15, -0.1) is 0 Å². The van der Waals surface area contributed by atoms with Gasteiger partial charge in [0.05, 0.1) is 0 Å². The van der Waals surface area contributed by atoms with Crippen LogP contribution in [0.25, 0.3) is 0 Å². The second kappa shape index (κ2) is 3.45. The van der Waals surface area contributed by atoms with Crippen LogP contribution in [0.2, 0.25) is 0 Å². The van der Waals surface area contributed by atoms with E-state index in [4.69, 9.17) is 10.2 Å². The van der Waals surface area contributed by atoms with E-state index in [0.717, 1.165) is 12.1 Å². The molecule has 2 nitrogen and oxygen atoms in total. The van der Waals surface area contributed by atoms with Gasteiger partial charge in [-0.05, 0) is 17.7 Å². The smallest absolute Gasteiger partial charge is 0.418 e. The maximum Gasteiger partial charge on any atom is 0.418 e. The number of rotatable bonds is 1. The van der Waals surface area contributed by atoms with Crippen LogP contribution in [0.1, 0.15) is 11.7 Å². The van der Waals surface area contributed by atoms with Crippen LogP contribution in [-0.2, 0) is 0 Å². The van der Waals surface area contributed by atoms with E-state index in [9.17, 15) is 17.6 Å². The predicted octanol–water partition coefficient (Wildman–Crippen LogP) is 2.13. The van der Waals surface area contributed by atoms with Crippen molar-refractivity contribution in [1.29, 1.82) is 0 Å². The topological polar surface area (TPSA) is 40.5 Å². The van der Waals surface area contributed by atoms with Crippen LogP contribution in [-0.4, -0.2) is 16.4 Å². The Balaban J connectivity index is 3.03. The van der Waals surface area contributed by atoms with Gasteiger partial charge >= 0.3 is 6.18 Å². The fourth-order valence-electron chi connectivity index (χ4n) is 0.882. The van der Waals surface area contributed by atoms with Gasteiger partial charge < -0.3 is 10.2 Å². The molecule has 0 heterocycles. The summed E-state index contributed by atoms with van der Waals surface area (Å²) in [6.45, 7) is 0. The fourth-order valence-corrected chi connectivity index (χ4v) is 0.882. The van der Waals surface area contributed by atoms with Crippen LogP contribution in [0.3, 0.4) is 0 Å². The van der Waals surface area contributed by atoms with Crippen LogP contribution in [0.15, 0.2) is 18.2 Å². The van der Waals surface area contributed by atoms with Gasteiger partial charge in [-0.1, -0.05) is 6.07 Å². The zero-order valence-electron chi connectivity index (χ0n) is 6.72. The molecule has 0 bridgehead atoms. The quantitative estimate of drug-likeness (QED) is 0.697. The highest BCUT2D eigenvalue weighted by molar-refractivity contribution is 5.29. The molecule has 1 rings (SSSR count). The average molecular weight is 210 g/mol. The summed E-state index contributed by atoms with van der Waals surface area (Å²) in [5.41, 5.74) is -0.646. The zero-order chi connectivity index (χ0) is 10.9. The average Bonchev–Trinajstić information content (AvgIpc) is 2.07. The van der Waals surface area contributed by atoms with Crippen molar-refractivity contribution in [2.24, 2.45) is 0 Å². The van der Waals surface area contributed by atoms with E-state index in [1.807, 2.05) is 0 Å². The highest BCUT2D eigenvalue weighted by Gasteiger charge is 2.39. The molecule has 1 atom stereocenters. The first-order valence-corrected chi connectivity index (χ1v) is 3.55. The molecule has 1 unspecified atom stereocenters. The standard InChI is InChI=1S/C8H6F4O2/c9-5-3-4(1-2-6(5)13)7(14)8(10,11)12/h1-3,7,13-14H. The lowest BCUT2D eigenvalue weighted by Crippen LogP contribution is -2.20. The van der Waals surface area contributed by atoms with Gasteiger partial charge in [-0.3, -0.25) is 0 Å². The highest BCUT2D eigenvalue weighted by Crippen LogP contribution is 2.33. The minimum absolute atomic E-state index is 0.438. The van der Waals surface area contributed by atoms with Crippen LogP contribution in [0, 0.1) is 5.82 Å². The summed E-state index contributed by atoms with van der Waals surface area (Å²) in [6.07, 6.45) is -7.58. The molecule has 1 aromatic rings. The summed E-state index contributed by atoms with van der Waals surface area (Å²) in [6, 6.07) is 1.99. The van der Waals surface area contributed by atoms with Gasteiger partial charge in [0.25, 0.3) is 0 Å². The number of benzene rings is 1. The first-order valence-electron chi connectivity index (χ1n) is 3.55. The van der Waals surface area contributed by atoms with E-state index in [1.165, 1.54) is 0 Å². The van der Waals surface area contributed by atoms with Gasteiger partial charge in [-0.25, -0.2) is 4.39 Å². The Morgan fingerprint density at radius 2 is 1.79 bits per heavy atom. The van der Waals surface area contributed by atoms with E-state index >= 15 is 0 Å². The molecule has 1 aromatic carbocycles. The summed E-state index contributed by atoms with van der Waals surface area (Å²) in [4.78, 5) is 0.